The van der Waals surface area contributed by atoms with Crippen molar-refractivity contribution in [1.29, 1.82) is 0 Å². The number of hydrogen-bond donors (Lipinski definition) is 1. The highest BCUT2D eigenvalue weighted by atomic mass is 16.3. The van der Waals surface area contributed by atoms with E-state index in [1.54, 1.807) is 0 Å². The Morgan fingerprint density at radius 3 is 2.67 bits per heavy atom. The zero-order valence-corrected chi connectivity index (χ0v) is 15.1. The Morgan fingerprint density at radius 1 is 1.11 bits per heavy atom. The second-order valence-corrected chi connectivity index (χ2v) is 6.68. The van der Waals surface area contributed by atoms with Crippen LogP contribution in [0.2, 0.25) is 0 Å². The minimum absolute atomic E-state index is 0.0912. The molecule has 1 saturated heterocycles. The van der Waals surface area contributed by atoms with Gasteiger partial charge in [-0.2, -0.15) is 0 Å². The standard InChI is InChI=1S/C21H22N4O2/c26-20(12-18-15-27-21(24-18)17-6-2-1-3-7-17)23-14-16-8-9-19(22-13-16)25-10-4-5-11-25/h1-3,6-9,13,15H,4-5,10-12,14H2,(H,23,26). The van der Waals surface area contributed by atoms with Crippen molar-refractivity contribution in [3.63, 3.8) is 0 Å². The lowest BCUT2D eigenvalue weighted by Crippen LogP contribution is -2.25. The van der Waals surface area contributed by atoms with E-state index in [0.29, 0.717) is 18.1 Å². The van der Waals surface area contributed by atoms with Gasteiger partial charge in [-0.3, -0.25) is 4.79 Å². The molecule has 1 aromatic carbocycles. The summed E-state index contributed by atoms with van der Waals surface area (Å²) in [4.78, 5) is 23.4. The van der Waals surface area contributed by atoms with E-state index in [1.807, 2.05) is 48.7 Å². The first-order chi connectivity index (χ1) is 13.3. The van der Waals surface area contributed by atoms with Gasteiger partial charge in [0.25, 0.3) is 0 Å². The Balaban J connectivity index is 1.29. The van der Waals surface area contributed by atoms with Gasteiger partial charge in [-0.1, -0.05) is 24.3 Å². The molecule has 0 saturated carbocycles. The van der Waals surface area contributed by atoms with E-state index in [1.165, 1.54) is 19.1 Å². The van der Waals surface area contributed by atoms with Crippen LogP contribution in [0.4, 0.5) is 5.82 Å². The number of oxazole rings is 1. The van der Waals surface area contributed by atoms with E-state index in [9.17, 15) is 4.79 Å². The van der Waals surface area contributed by atoms with Crippen molar-refractivity contribution in [2.75, 3.05) is 18.0 Å². The van der Waals surface area contributed by atoms with E-state index >= 15 is 0 Å². The summed E-state index contributed by atoms with van der Waals surface area (Å²) in [5.74, 6) is 1.45. The van der Waals surface area contributed by atoms with Crippen molar-refractivity contribution < 1.29 is 9.21 Å². The van der Waals surface area contributed by atoms with Gasteiger partial charge < -0.3 is 14.6 Å². The first-order valence-corrected chi connectivity index (χ1v) is 9.24. The molecule has 1 N–H and O–H groups in total. The number of benzene rings is 1. The molecule has 1 aliphatic heterocycles. The zero-order valence-electron chi connectivity index (χ0n) is 15.1. The fourth-order valence-corrected chi connectivity index (χ4v) is 3.18. The summed E-state index contributed by atoms with van der Waals surface area (Å²) in [6.45, 7) is 2.60. The third-order valence-corrected chi connectivity index (χ3v) is 4.64. The van der Waals surface area contributed by atoms with Crippen molar-refractivity contribution >= 4 is 11.7 Å². The first kappa shape index (κ1) is 17.3. The Morgan fingerprint density at radius 2 is 1.93 bits per heavy atom. The smallest absolute Gasteiger partial charge is 0.226 e. The van der Waals surface area contributed by atoms with Gasteiger partial charge in [0.1, 0.15) is 12.1 Å². The largest absolute Gasteiger partial charge is 0.444 e. The van der Waals surface area contributed by atoms with Crippen LogP contribution < -0.4 is 10.2 Å². The monoisotopic (exact) mass is 362 g/mol. The summed E-state index contributed by atoms with van der Waals surface area (Å²) in [5.41, 5.74) is 2.50. The van der Waals surface area contributed by atoms with E-state index in [-0.39, 0.29) is 12.3 Å². The molecule has 27 heavy (non-hydrogen) atoms. The molecule has 138 valence electrons. The number of hydrogen-bond acceptors (Lipinski definition) is 5. The normalized spacial score (nSPS) is 13.7. The first-order valence-electron chi connectivity index (χ1n) is 9.24. The van der Waals surface area contributed by atoms with Crippen LogP contribution >= 0.6 is 0 Å². The number of rotatable bonds is 6. The molecule has 3 aromatic rings. The van der Waals surface area contributed by atoms with Crippen LogP contribution in [0.5, 0.6) is 0 Å². The molecule has 3 heterocycles. The molecular formula is C21H22N4O2. The zero-order chi connectivity index (χ0) is 18.5. The van der Waals surface area contributed by atoms with Crippen LogP contribution in [0, 0.1) is 0 Å². The predicted molar refractivity (Wildman–Crippen MR) is 103 cm³/mol. The highest BCUT2D eigenvalue weighted by Gasteiger charge is 2.13. The molecule has 0 radical (unpaired) electrons. The number of pyridine rings is 1. The van der Waals surface area contributed by atoms with E-state index in [0.717, 1.165) is 30.0 Å². The predicted octanol–water partition coefficient (Wildman–Crippen LogP) is 3.20. The summed E-state index contributed by atoms with van der Waals surface area (Å²) in [6, 6.07) is 13.7. The summed E-state index contributed by atoms with van der Waals surface area (Å²) >= 11 is 0. The highest BCUT2D eigenvalue weighted by Crippen LogP contribution is 2.19. The average Bonchev–Trinajstić information content (AvgIpc) is 3.40. The van der Waals surface area contributed by atoms with Crippen LogP contribution in [-0.2, 0) is 17.8 Å². The molecule has 1 amide bonds. The molecule has 0 bridgehead atoms. The van der Waals surface area contributed by atoms with Gasteiger partial charge in [0.15, 0.2) is 0 Å². The fourth-order valence-electron chi connectivity index (χ4n) is 3.18. The highest BCUT2D eigenvalue weighted by molar-refractivity contribution is 5.78. The van der Waals surface area contributed by atoms with E-state index in [2.05, 4.69) is 20.2 Å². The van der Waals surface area contributed by atoms with Crippen LogP contribution in [-0.4, -0.2) is 29.0 Å². The Labute approximate surface area is 158 Å². The Kier molecular flexibility index (Phi) is 5.14. The summed E-state index contributed by atoms with van der Waals surface area (Å²) in [7, 11) is 0. The number of aromatic nitrogens is 2. The van der Waals surface area contributed by atoms with Crippen LogP contribution in [0.1, 0.15) is 24.1 Å². The third-order valence-electron chi connectivity index (χ3n) is 4.64. The molecule has 6 heteroatoms. The number of nitrogens with one attached hydrogen (secondary N) is 1. The Bertz CT molecular complexity index is 884. The quantitative estimate of drug-likeness (QED) is 0.729. The molecule has 1 fully saturated rings. The lowest BCUT2D eigenvalue weighted by molar-refractivity contribution is -0.120. The van der Waals surface area contributed by atoms with Crippen molar-refractivity contribution in [3.05, 3.63) is 66.2 Å². The number of carbonyl (C=O) groups excluding carboxylic acids is 1. The third kappa shape index (κ3) is 4.34. The minimum atomic E-state index is -0.0912. The molecule has 2 aromatic heterocycles. The summed E-state index contributed by atoms with van der Waals surface area (Å²) in [6.07, 6.45) is 6.02. The topological polar surface area (TPSA) is 71.3 Å². The van der Waals surface area contributed by atoms with Crippen molar-refractivity contribution in [2.24, 2.45) is 0 Å². The maximum Gasteiger partial charge on any atom is 0.226 e. The number of nitrogens with zero attached hydrogens (tertiary/aromatic N) is 3. The fraction of sp³-hybridized carbons (Fsp3) is 0.286. The molecule has 0 unspecified atom stereocenters. The molecular weight excluding hydrogens is 340 g/mol. The molecule has 0 aliphatic carbocycles. The lowest BCUT2D eigenvalue weighted by atomic mass is 10.2. The second-order valence-electron chi connectivity index (χ2n) is 6.68. The molecule has 6 nitrogen and oxygen atoms in total. The van der Waals surface area contributed by atoms with Crippen LogP contribution in [0.15, 0.2) is 59.3 Å². The van der Waals surface area contributed by atoms with Crippen molar-refractivity contribution in [3.8, 4) is 11.5 Å². The van der Waals surface area contributed by atoms with E-state index < -0.39 is 0 Å². The van der Waals surface area contributed by atoms with Gasteiger partial charge in [0, 0.05) is 31.4 Å². The van der Waals surface area contributed by atoms with Crippen LogP contribution in [0.25, 0.3) is 11.5 Å². The van der Waals surface area contributed by atoms with Gasteiger partial charge in [-0.05, 0) is 36.6 Å². The minimum Gasteiger partial charge on any atom is -0.444 e. The van der Waals surface area contributed by atoms with Gasteiger partial charge in [0.05, 0.1) is 12.1 Å². The van der Waals surface area contributed by atoms with Gasteiger partial charge in [-0.25, -0.2) is 9.97 Å². The van der Waals surface area contributed by atoms with Gasteiger partial charge in [0.2, 0.25) is 11.8 Å². The van der Waals surface area contributed by atoms with Crippen molar-refractivity contribution in [1.82, 2.24) is 15.3 Å². The van der Waals surface area contributed by atoms with Gasteiger partial charge >= 0.3 is 0 Å². The maximum atomic E-state index is 12.2. The SMILES string of the molecule is O=C(Cc1coc(-c2ccccc2)n1)NCc1ccc(N2CCCC2)nc1. The number of amides is 1. The number of anilines is 1. The molecule has 0 atom stereocenters. The molecule has 0 spiro atoms. The van der Waals surface area contributed by atoms with Crippen LogP contribution in [0.3, 0.4) is 0 Å². The van der Waals surface area contributed by atoms with E-state index in [4.69, 9.17) is 4.42 Å². The second kappa shape index (κ2) is 8.03. The summed E-state index contributed by atoms with van der Waals surface area (Å²) in [5, 5.41) is 2.91. The Hall–Kier alpha value is -3.15. The van der Waals surface area contributed by atoms with Gasteiger partial charge in [-0.15, -0.1) is 0 Å². The number of carbonyl (C=O) groups is 1. The summed E-state index contributed by atoms with van der Waals surface area (Å²) < 4.78 is 5.47. The lowest BCUT2D eigenvalue weighted by Gasteiger charge is -2.16. The molecule has 1 aliphatic rings. The van der Waals surface area contributed by atoms with Crippen molar-refractivity contribution in [2.45, 2.75) is 25.8 Å². The maximum absolute atomic E-state index is 12.2. The average molecular weight is 362 g/mol. The molecule has 4 rings (SSSR count).